The lowest BCUT2D eigenvalue weighted by molar-refractivity contribution is -0.117. The average molecular weight is 322 g/mol. The van der Waals surface area contributed by atoms with E-state index in [1.165, 1.54) is 0 Å². The zero-order valence-electron chi connectivity index (χ0n) is 9.78. The Kier molecular flexibility index (Phi) is 5.86. The number of hydrogen-bond donors (Lipinski definition) is 2. The highest BCUT2D eigenvalue weighted by Gasteiger charge is 2.23. The van der Waals surface area contributed by atoms with Crippen molar-refractivity contribution >= 4 is 54.1 Å². The summed E-state index contributed by atoms with van der Waals surface area (Å²) in [5.74, 6) is 2.01. The third kappa shape index (κ3) is 3.30. The molecule has 0 saturated carbocycles. The van der Waals surface area contributed by atoms with Crippen LogP contribution in [0.3, 0.4) is 0 Å². The number of hydrogen-bond acceptors (Lipinski definition) is 5. The van der Waals surface area contributed by atoms with Gasteiger partial charge in [-0.15, -0.1) is 46.8 Å². The summed E-state index contributed by atoms with van der Waals surface area (Å²) in [6, 6.07) is 5.45. The van der Waals surface area contributed by atoms with Gasteiger partial charge in [-0.25, -0.2) is 0 Å². The second-order valence-corrected chi connectivity index (χ2v) is 4.74. The minimum atomic E-state index is -0.143. The Hall–Kier alpha value is -1.02. The summed E-state index contributed by atoms with van der Waals surface area (Å²) in [6.07, 6.45) is 1.82. The monoisotopic (exact) mass is 321 g/mol. The van der Waals surface area contributed by atoms with Gasteiger partial charge in [0, 0.05) is 17.8 Å². The van der Waals surface area contributed by atoms with Gasteiger partial charge in [-0.05, 0) is 12.1 Å². The third-order valence-corrected chi connectivity index (χ3v) is 3.52. The molecule has 1 amide bonds. The quantitative estimate of drug-likeness (QED) is 0.869. The zero-order chi connectivity index (χ0) is 11.7. The Labute approximate surface area is 126 Å². The Bertz CT molecular complexity index is 558. The average Bonchev–Trinajstić information content (AvgIpc) is 2.98. The van der Waals surface area contributed by atoms with Crippen molar-refractivity contribution in [3.8, 4) is 0 Å². The first-order chi connectivity index (χ1) is 8.34. The van der Waals surface area contributed by atoms with Crippen molar-refractivity contribution < 1.29 is 4.79 Å². The second-order valence-electron chi connectivity index (χ2n) is 3.71. The van der Waals surface area contributed by atoms with E-state index in [2.05, 4.69) is 20.8 Å². The molecule has 1 aliphatic rings. The fourth-order valence-corrected chi connectivity index (χ4v) is 2.63. The van der Waals surface area contributed by atoms with E-state index in [1.54, 1.807) is 16.2 Å². The predicted molar refractivity (Wildman–Crippen MR) is 80.4 cm³/mol. The number of amides is 1. The van der Waals surface area contributed by atoms with Gasteiger partial charge in [0.1, 0.15) is 0 Å². The number of carbonyl (C=O) groups excluding carboxylic acids is 1. The van der Waals surface area contributed by atoms with Crippen molar-refractivity contribution in [2.45, 2.75) is 6.04 Å². The second kappa shape index (κ2) is 6.95. The summed E-state index contributed by atoms with van der Waals surface area (Å²) in [5, 5.41) is 13.8. The minimum absolute atomic E-state index is 0. The highest BCUT2D eigenvalue weighted by Crippen LogP contribution is 2.12. The lowest BCUT2D eigenvalue weighted by atomic mass is 10.3. The number of thioether (sulfide) groups is 1. The van der Waals surface area contributed by atoms with Gasteiger partial charge in [-0.2, -0.15) is 0 Å². The molecule has 0 aliphatic carbocycles. The molecule has 19 heavy (non-hydrogen) atoms. The molecule has 9 heteroatoms. The van der Waals surface area contributed by atoms with Crippen molar-refractivity contribution in [2.24, 2.45) is 0 Å². The number of anilines is 1. The summed E-state index contributed by atoms with van der Waals surface area (Å²) >= 11 is 1.71. The molecule has 3 heterocycles. The van der Waals surface area contributed by atoms with E-state index in [1.807, 2.05) is 24.4 Å². The van der Waals surface area contributed by atoms with E-state index in [0.29, 0.717) is 5.95 Å². The van der Waals surface area contributed by atoms with Crippen LogP contribution in [0.4, 0.5) is 5.95 Å². The number of nitrogens with zero attached hydrogens (tertiary/aromatic N) is 3. The van der Waals surface area contributed by atoms with Crippen LogP contribution in [0, 0.1) is 0 Å². The predicted octanol–water partition coefficient (Wildman–Crippen LogP) is 1.17. The molecule has 1 saturated heterocycles. The molecule has 1 atom stereocenters. The van der Waals surface area contributed by atoms with Crippen LogP contribution in [0.1, 0.15) is 0 Å². The summed E-state index contributed by atoms with van der Waals surface area (Å²) in [4.78, 5) is 11.9. The van der Waals surface area contributed by atoms with E-state index < -0.39 is 0 Å². The summed E-state index contributed by atoms with van der Waals surface area (Å²) in [5.41, 5.74) is 0.719. The molecule has 1 aliphatic heterocycles. The molecule has 6 nitrogen and oxygen atoms in total. The van der Waals surface area contributed by atoms with Crippen LogP contribution < -0.4 is 10.6 Å². The number of rotatable bonds is 2. The maximum atomic E-state index is 11.9. The van der Waals surface area contributed by atoms with Gasteiger partial charge < -0.3 is 0 Å². The normalized spacial score (nSPS) is 17.6. The molecule has 0 radical (unpaired) electrons. The molecular weight excluding hydrogens is 309 g/mol. The molecule has 2 aromatic heterocycles. The van der Waals surface area contributed by atoms with E-state index in [0.717, 1.165) is 17.3 Å². The van der Waals surface area contributed by atoms with Gasteiger partial charge in [0.15, 0.2) is 5.65 Å². The molecule has 0 spiro atoms. The Balaban J connectivity index is 0.000000902. The fraction of sp³-hybridized carbons (Fsp3) is 0.300. The van der Waals surface area contributed by atoms with E-state index in [9.17, 15) is 4.79 Å². The smallest absolute Gasteiger partial charge is 0.244 e. The van der Waals surface area contributed by atoms with Gasteiger partial charge in [-0.1, -0.05) is 6.07 Å². The lowest BCUT2D eigenvalue weighted by Crippen LogP contribution is -2.37. The molecule has 2 aromatic rings. The van der Waals surface area contributed by atoms with Crippen LogP contribution in [0.5, 0.6) is 0 Å². The minimum Gasteiger partial charge on any atom is -0.296 e. The molecule has 3 rings (SSSR count). The number of pyridine rings is 1. The maximum Gasteiger partial charge on any atom is 0.244 e. The number of fused-ring (bicyclic) bond motifs is 1. The van der Waals surface area contributed by atoms with Crippen LogP contribution in [0.2, 0.25) is 0 Å². The van der Waals surface area contributed by atoms with Gasteiger partial charge in [0.05, 0.1) is 6.04 Å². The Morgan fingerprint density at radius 1 is 1.42 bits per heavy atom. The summed E-state index contributed by atoms with van der Waals surface area (Å²) < 4.78 is 1.75. The van der Waals surface area contributed by atoms with Crippen molar-refractivity contribution in [2.75, 3.05) is 16.9 Å². The molecule has 104 valence electrons. The van der Waals surface area contributed by atoms with Crippen LogP contribution in [0.25, 0.3) is 5.65 Å². The highest BCUT2D eigenvalue weighted by atomic mass is 35.5. The molecular formula is C10H13Cl2N5OS. The van der Waals surface area contributed by atoms with Crippen molar-refractivity contribution in [3.05, 3.63) is 24.4 Å². The summed E-state index contributed by atoms with van der Waals surface area (Å²) in [7, 11) is 0. The van der Waals surface area contributed by atoms with Crippen molar-refractivity contribution in [1.82, 2.24) is 19.9 Å². The Morgan fingerprint density at radius 2 is 2.26 bits per heavy atom. The molecule has 0 bridgehead atoms. The highest BCUT2D eigenvalue weighted by molar-refractivity contribution is 7.99. The molecule has 2 N–H and O–H groups in total. The Morgan fingerprint density at radius 3 is 3.00 bits per heavy atom. The SMILES string of the molecule is Cl.Cl.O=C(Nc1nnc2ccccn12)C1CSCN1. The maximum absolute atomic E-state index is 11.9. The standard InChI is InChI=1S/C10H11N5OS.2ClH/c16-9(7-5-17-6-11-7)12-10-14-13-8-3-1-2-4-15(8)10;;/h1-4,7,11H,5-6H2,(H,12,14,16);2*1H. The largest absolute Gasteiger partial charge is 0.296 e. The molecule has 1 fully saturated rings. The van der Waals surface area contributed by atoms with Crippen LogP contribution in [-0.2, 0) is 4.79 Å². The number of nitrogens with one attached hydrogen (secondary N) is 2. The number of halogens is 2. The third-order valence-electron chi connectivity index (χ3n) is 2.58. The molecule has 1 unspecified atom stereocenters. The first-order valence-corrected chi connectivity index (χ1v) is 6.42. The van der Waals surface area contributed by atoms with E-state index in [-0.39, 0.29) is 36.8 Å². The number of carbonyl (C=O) groups is 1. The lowest BCUT2D eigenvalue weighted by Gasteiger charge is -2.08. The molecule has 0 aromatic carbocycles. The zero-order valence-corrected chi connectivity index (χ0v) is 12.2. The van der Waals surface area contributed by atoms with Gasteiger partial charge >= 0.3 is 0 Å². The number of aromatic nitrogens is 3. The van der Waals surface area contributed by atoms with Gasteiger partial charge in [0.25, 0.3) is 0 Å². The van der Waals surface area contributed by atoms with Crippen molar-refractivity contribution in [3.63, 3.8) is 0 Å². The van der Waals surface area contributed by atoms with E-state index >= 15 is 0 Å². The van der Waals surface area contributed by atoms with Gasteiger partial charge in [0.2, 0.25) is 11.9 Å². The first kappa shape index (κ1) is 16.0. The summed E-state index contributed by atoms with van der Waals surface area (Å²) in [6.45, 7) is 0. The van der Waals surface area contributed by atoms with Crippen LogP contribution in [0.15, 0.2) is 24.4 Å². The van der Waals surface area contributed by atoms with E-state index in [4.69, 9.17) is 0 Å². The van der Waals surface area contributed by atoms with Gasteiger partial charge in [-0.3, -0.25) is 19.8 Å². The fourth-order valence-electron chi connectivity index (χ4n) is 1.69. The van der Waals surface area contributed by atoms with Crippen LogP contribution >= 0.6 is 36.6 Å². The van der Waals surface area contributed by atoms with Crippen LogP contribution in [-0.4, -0.2) is 38.2 Å². The first-order valence-electron chi connectivity index (χ1n) is 5.26. The topological polar surface area (TPSA) is 71.3 Å². The van der Waals surface area contributed by atoms with Crippen molar-refractivity contribution in [1.29, 1.82) is 0 Å².